The summed E-state index contributed by atoms with van der Waals surface area (Å²) in [4.78, 5) is 0.0556. The highest BCUT2D eigenvalue weighted by Gasteiger charge is 2.18. The monoisotopic (exact) mass is 418 g/mol. The SMILES string of the molecule is Cc1c(Br)cccc1NS(=O)(=O)c1ccc(Br)cc1N. The van der Waals surface area contributed by atoms with Crippen molar-refractivity contribution in [1.82, 2.24) is 0 Å². The van der Waals surface area contributed by atoms with E-state index in [0.717, 1.165) is 14.5 Å². The Kier molecular flexibility index (Phi) is 4.41. The Balaban J connectivity index is 2.44. The summed E-state index contributed by atoms with van der Waals surface area (Å²) in [6.07, 6.45) is 0. The van der Waals surface area contributed by atoms with Crippen molar-refractivity contribution in [2.45, 2.75) is 11.8 Å². The van der Waals surface area contributed by atoms with Crippen LogP contribution in [0.15, 0.2) is 50.2 Å². The van der Waals surface area contributed by atoms with Gasteiger partial charge in [-0.3, -0.25) is 4.72 Å². The first-order valence-electron chi connectivity index (χ1n) is 5.64. The molecule has 2 aromatic rings. The summed E-state index contributed by atoms with van der Waals surface area (Å²) >= 11 is 6.62. The first kappa shape index (κ1) is 15.3. The van der Waals surface area contributed by atoms with Gasteiger partial charge in [0, 0.05) is 8.95 Å². The highest BCUT2D eigenvalue weighted by Crippen LogP contribution is 2.28. The molecular weight excluding hydrogens is 408 g/mol. The van der Waals surface area contributed by atoms with E-state index in [0.29, 0.717) is 5.69 Å². The number of nitrogens with two attached hydrogens (primary N) is 1. The minimum atomic E-state index is -3.72. The first-order chi connectivity index (χ1) is 9.31. The van der Waals surface area contributed by atoms with Gasteiger partial charge in [-0.2, -0.15) is 0 Å². The number of halogens is 2. The zero-order valence-electron chi connectivity index (χ0n) is 10.5. The lowest BCUT2D eigenvalue weighted by Gasteiger charge is -2.13. The van der Waals surface area contributed by atoms with Crippen LogP contribution < -0.4 is 10.5 Å². The van der Waals surface area contributed by atoms with Crippen molar-refractivity contribution in [1.29, 1.82) is 0 Å². The molecule has 0 unspecified atom stereocenters. The molecule has 0 heterocycles. The molecule has 0 saturated heterocycles. The van der Waals surface area contributed by atoms with Crippen LogP contribution in [0.1, 0.15) is 5.56 Å². The summed E-state index contributed by atoms with van der Waals surface area (Å²) in [5.74, 6) is 0. The van der Waals surface area contributed by atoms with Crippen LogP contribution in [0.2, 0.25) is 0 Å². The average molecular weight is 420 g/mol. The van der Waals surface area contributed by atoms with E-state index in [9.17, 15) is 8.42 Å². The Hall–Kier alpha value is -1.05. The summed E-state index contributed by atoms with van der Waals surface area (Å²) in [5, 5.41) is 0. The maximum Gasteiger partial charge on any atom is 0.263 e. The molecule has 0 bridgehead atoms. The normalized spacial score (nSPS) is 11.3. The Bertz CT molecular complexity index is 761. The molecule has 3 N–H and O–H groups in total. The molecule has 0 fully saturated rings. The molecule has 4 nitrogen and oxygen atoms in total. The fourth-order valence-corrected chi connectivity index (χ4v) is 3.66. The van der Waals surface area contributed by atoms with Gasteiger partial charge in [0.2, 0.25) is 0 Å². The number of nitrogens with one attached hydrogen (secondary N) is 1. The van der Waals surface area contributed by atoms with E-state index in [-0.39, 0.29) is 10.6 Å². The van der Waals surface area contributed by atoms with Gasteiger partial charge in [0.05, 0.1) is 11.4 Å². The number of anilines is 2. The standard InChI is InChI=1S/C13H12Br2N2O2S/c1-8-10(15)3-2-4-12(8)17-20(18,19)13-6-5-9(14)7-11(13)16/h2-7,17H,16H2,1H3. The molecular formula is C13H12Br2N2O2S. The highest BCUT2D eigenvalue weighted by molar-refractivity contribution is 9.10. The van der Waals surface area contributed by atoms with E-state index >= 15 is 0 Å². The third-order valence-corrected chi connectivity index (χ3v) is 5.57. The van der Waals surface area contributed by atoms with Crippen molar-refractivity contribution in [3.05, 3.63) is 50.9 Å². The highest BCUT2D eigenvalue weighted by atomic mass is 79.9. The molecule has 2 aromatic carbocycles. The van der Waals surface area contributed by atoms with E-state index in [1.807, 2.05) is 13.0 Å². The van der Waals surface area contributed by atoms with Gasteiger partial charge in [-0.25, -0.2) is 8.42 Å². The average Bonchev–Trinajstić information content (AvgIpc) is 2.34. The van der Waals surface area contributed by atoms with E-state index < -0.39 is 10.0 Å². The minimum absolute atomic E-state index is 0.0556. The smallest absolute Gasteiger partial charge is 0.263 e. The van der Waals surface area contributed by atoms with Gasteiger partial charge in [-0.1, -0.05) is 37.9 Å². The molecule has 106 valence electrons. The Labute approximate surface area is 134 Å². The summed E-state index contributed by atoms with van der Waals surface area (Å²) in [5.41, 5.74) is 7.29. The van der Waals surface area contributed by atoms with Crippen LogP contribution in [0.5, 0.6) is 0 Å². The molecule has 20 heavy (non-hydrogen) atoms. The fourth-order valence-electron chi connectivity index (χ4n) is 1.68. The van der Waals surface area contributed by atoms with Gasteiger partial charge >= 0.3 is 0 Å². The molecule has 7 heteroatoms. The zero-order chi connectivity index (χ0) is 14.9. The molecule has 2 rings (SSSR count). The fraction of sp³-hybridized carbons (Fsp3) is 0.0769. The summed E-state index contributed by atoms with van der Waals surface area (Å²) in [6, 6.07) is 9.98. The topological polar surface area (TPSA) is 72.2 Å². The van der Waals surface area contributed by atoms with E-state index in [1.54, 1.807) is 24.3 Å². The minimum Gasteiger partial charge on any atom is -0.398 e. The molecule has 0 atom stereocenters. The van der Waals surface area contributed by atoms with Gasteiger partial charge < -0.3 is 5.73 Å². The summed E-state index contributed by atoms with van der Waals surface area (Å²) in [7, 11) is -3.72. The van der Waals surface area contributed by atoms with Crippen molar-refractivity contribution in [2.24, 2.45) is 0 Å². The van der Waals surface area contributed by atoms with E-state index in [2.05, 4.69) is 36.6 Å². The maximum absolute atomic E-state index is 12.4. The van der Waals surface area contributed by atoms with Gasteiger partial charge in [-0.15, -0.1) is 0 Å². The number of nitrogen functional groups attached to an aromatic ring is 1. The second-order valence-electron chi connectivity index (χ2n) is 4.20. The predicted molar refractivity (Wildman–Crippen MR) is 88.2 cm³/mol. The molecule has 0 aliphatic heterocycles. The van der Waals surface area contributed by atoms with E-state index in [4.69, 9.17) is 5.73 Å². The van der Waals surface area contributed by atoms with Crippen LogP contribution >= 0.6 is 31.9 Å². The van der Waals surface area contributed by atoms with Crippen LogP contribution in [0.25, 0.3) is 0 Å². The van der Waals surface area contributed by atoms with Crippen molar-refractivity contribution >= 4 is 53.3 Å². The van der Waals surface area contributed by atoms with Crippen LogP contribution in [-0.2, 0) is 10.0 Å². The van der Waals surface area contributed by atoms with Crippen molar-refractivity contribution in [3.63, 3.8) is 0 Å². The van der Waals surface area contributed by atoms with Crippen LogP contribution in [0.3, 0.4) is 0 Å². The molecule has 0 radical (unpaired) electrons. The molecule has 0 aliphatic carbocycles. The van der Waals surface area contributed by atoms with Gasteiger partial charge in [0.1, 0.15) is 4.90 Å². The third kappa shape index (κ3) is 3.16. The van der Waals surface area contributed by atoms with Crippen LogP contribution in [0, 0.1) is 6.92 Å². The number of benzene rings is 2. The Morgan fingerprint density at radius 1 is 1.15 bits per heavy atom. The quantitative estimate of drug-likeness (QED) is 0.741. The first-order valence-corrected chi connectivity index (χ1v) is 8.71. The second-order valence-corrected chi connectivity index (χ2v) is 7.62. The lowest BCUT2D eigenvalue weighted by Crippen LogP contribution is -2.15. The number of sulfonamides is 1. The van der Waals surface area contributed by atoms with Crippen LogP contribution in [-0.4, -0.2) is 8.42 Å². The molecule has 0 amide bonds. The summed E-state index contributed by atoms with van der Waals surface area (Å²) < 4.78 is 28.9. The van der Waals surface area contributed by atoms with Crippen molar-refractivity contribution in [3.8, 4) is 0 Å². The number of hydrogen-bond acceptors (Lipinski definition) is 3. The van der Waals surface area contributed by atoms with Gasteiger partial charge in [0.15, 0.2) is 0 Å². The Morgan fingerprint density at radius 2 is 1.85 bits per heavy atom. The molecule has 0 aromatic heterocycles. The predicted octanol–water partition coefficient (Wildman–Crippen LogP) is 3.90. The molecule has 0 aliphatic rings. The summed E-state index contributed by atoms with van der Waals surface area (Å²) in [6.45, 7) is 1.83. The Morgan fingerprint density at radius 3 is 2.50 bits per heavy atom. The second kappa shape index (κ2) is 5.75. The van der Waals surface area contributed by atoms with Gasteiger partial charge in [-0.05, 0) is 42.8 Å². The zero-order valence-corrected chi connectivity index (χ0v) is 14.5. The lowest BCUT2D eigenvalue weighted by molar-refractivity contribution is 0.601. The molecule has 0 spiro atoms. The number of hydrogen-bond donors (Lipinski definition) is 2. The van der Waals surface area contributed by atoms with E-state index in [1.165, 1.54) is 6.07 Å². The molecule has 0 saturated carbocycles. The third-order valence-electron chi connectivity index (χ3n) is 2.77. The number of rotatable bonds is 3. The van der Waals surface area contributed by atoms with Crippen molar-refractivity contribution in [2.75, 3.05) is 10.5 Å². The van der Waals surface area contributed by atoms with Crippen LogP contribution in [0.4, 0.5) is 11.4 Å². The van der Waals surface area contributed by atoms with Gasteiger partial charge in [0.25, 0.3) is 10.0 Å². The largest absolute Gasteiger partial charge is 0.398 e. The lowest BCUT2D eigenvalue weighted by atomic mass is 10.2. The maximum atomic E-state index is 12.4. The van der Waals surface area contributed by atoms with Crippen molar-refractivity contribution < 1.29 is 8.42 Å².